The van der Waals surface area contributed by atoms with Gasteiger partial charge in [-0.1, -0.05) is 42.1 Å². The molecule has 23 heavy (non-hydrogen) atoms. The highest BCUT2D eigenvalue weighted by Gasteiger charge is 2.07. The van der Waals surface area contributed by atoms with Gasteiger partial charge in [-0.3, -0.25) is 9.59 Å². The minimum atomic E-state index is -0.215. The van der Waals surface area contributed by atoms with Gasteiger partial charge in [-0.25, -0.2) is 4.68 Å². The van der Waals surface area contributed by atoms with E-state index in [-0.39, 0.29) is 18.4 Å². The van der Waals surface area contributed by atoms with Crippen molar-refractivity contribution in [2.75, 3.05) is 12.3 Å². The fourth-order valence-electron chi connectivity index (χ4n) is 1.70. The second-order valence-corrected chi connectivity index (χ2v) is 5.78. The van der Waals surface area contributed by atoms with Crippen molar-refractivity contribution in [2.45, 2.75) is 18.1 Å². The van der Waals surface area contributed by atoms with E-state index in [4.69, 9.17) is 0 Å². The van der Waals surface area contributed by atoms with Gasteiger partial charge in [0.2, 0.25) is 17.0 Å². The first-order chi connectivity index (χ1) is 11.1. The number of thioether (sulfide) groups is 1. The zero-order chi connectivity index (χ0) is 16.5. The lowest BCUT2D eigenvalue weighted by atomic mass is 10.2. The van der Waals surface area contributed by atoms with Crippen molar-refractivity contribution in [3.05, 3.63) is 35.9 Å². The lowest BCUT2D eigenvalue weighted by molar-refractivity contribution is -0.125. The largest absolute Gasteiger partial charge is 0.350 e. The van der Waals surface area contributed by atoms with Gasteiger partial charge in [0.15, 0.2) is 0 Å². The maximum absolute atomic E-state index is 11.7. The van der Waals surface area contributed by atoms with Gasteiger partial charge < -0.3 is 10.6 Å². The molecule has 122 valence electrons. The molecule has 0 saturated heterocycles. The fourth-order valence-corrected chi connectivity index (χ4v) is 2.49. The Morgan fingerprint density at radius 3 is 2.65 bits per heavy atom. The van der Waals surface area contributed by atoms with Crippen molar-refractivity contribution < 1.29 is 9.59 Å². The van der Waals surface area contributed by atoms with Crippen LogP contribution in [0.1, 0.15) is 12.0 Å². The second kappa shape index (κ2) is 8.89. The van der Waals surface area contributed by atoms with Crippen LogP contribution in [0.4, 0.5) is 0 Å². The number of hydrogen-bond acceptors (Lipinski definition) is 6. The average molecular weight is 334 g/mol. The number of carbonyl (C=O) groups excluding carboxylic acids is 2. The summed E-state index contributed by atoms with van der Waals surface area (Å²) < 4.78 is 1.54. The van der Waals surface area contributed by atoms with E-state index >= 15 is 0 Å². The van der Waals surface area contributed by atoms with E-state index < -0.39 is 0 Å². The predicted molar refractivity (Wildman–Crippen MR) is 85.4 cm³/mol. The van der Waals surface area contributed by atoms with Gasteiger partial charge in [-0.15, -0.1) is 5.10 Å². The molecule has 1 aromatic heterocycles. The van der Waals surface area contributed by atoms with Crippen LogP contribution in [0.2, 0.25) is 0 Å². The summed E-state index contributed by atoms with van der Waals surface area (Å²) in [5.41, 5.74) is 1.01. The van der Waals surface area contributed by atoms with Crippen molar-refractivity contribution in [3.63, 3.8) is 0 Å². The van der Waals surface area contributed by atoms with Crippen LogP contribution >= 0.6 is 11.8 Å². The molecule has 0 bridgehead atoms. The number of nitrogens with zero attached hydrogens (tertiary/aromatic N) is 4. The highest BCUT2D eigenvalue weighted by Crippen LogP contribution is 2.12. The summed E-state index contributed by atoms with van der Waals surface area (Å²) in [5.74, 6) is 0.154. The van der Waals surface area contributed by atoms with Gasteiger partial charge in [-0.05, 0) is 16.0 Å². The summed E-state index contributed by atoms with van der Waals surface area (Å²) in [6.45, 7) is 0.423. The maximum atomic E-state index is 11.7. The number of rotatable bonds is 8. The van der Waals surface area contributed by atoms with Crippen molar-refractivity contribution >= 4 is 23.6 Å². The number of carbonyl (C=O) groups is 2. The first-order valence-electron chi connectivity index (χ1n) is 7.07. The van der Waals surface area contributed by atoms with Crippen LogP contribution in [0, 0.1) is 0 Å². The van der Waals surface area contributed by atoms with Gasteiger partial charge >= 0.3 is 0 Å². The predicted octanol–water partition coefficient (Wildman–Crippen LogP) is 0.125. The van der Waals surface area contributed by atoms with Crippen molar-refractivity contribution in [2.24, 2.45) is 7.05 Å². The summed E-state index contributed by atoms with van der Waals surface area (Å²) in [6.07, 6.45) is 0.295. The molecule has 0 fully saturated rings. The molecular formula is C14H18N6O2S. The average Bonchev–Trinajstić information content (AvgIpc) is 2.97. The van der Waals surface area contributed by atoms with E-state index in [1.54, 1.807) is 11.7 Å². The molecule has 8 nitrogen and oxygen atoms in total. The van der Waals surface area contributed by atoms with E-state index in [1.165, 1.54) is 11.8 Å². The topological polar surface area (TPSA) is 102 Å². The fraction of sp³-hybridized carbons (Fsp3) is 0.357. The first kappa shape index (κ1) is 16.9. The van der Waals surface area contributed by atoms with Crippen molar-refractivity contribution in [1.82, 2.24) is 30.8 Å². The van der Waals surface area contributed by atoms with Gasteiger partial charge in [0.05, 0.1) is 6.54 Å². The Morgan fingerprint density at radius 2 is 1.96 bits per heavy atom. The van der Waals surface area contributed by atoms with Crippen LogP contribution in [0.3, 0.4) is 0 Å². The zero-order valence-corrected chi connectivity index (χ0v) is 13.5. The highest BCUT2D eigenvalue weighted by molar-refractivity contribution is 7.99. The molecule has 0 aliphatic rings. The maximum Gasteiger partial charge on any atom is 0.239 e. The van der Waals surface area contributed by atoms with Crippen LogP contribution in [0.25, 0.3) is 0 Å². The molecule has 0 aliphatic heterocycles. The Morgan fingerprint density at radius 1 is 1.17 bits per heavy atom. The third-order valence-corrected chi connectivity index (χ3v) is 3.93. The van der Waals surface area contributed by atoms with Crippen LogP contribution < -0.4 is 10.6 Å². The molecule has 0 atom stereocenters. The minimum Gasteiger partial charge on any atom is -0.350 e. The first-order valence-corrected chi connectivity index (χ1v) is 8.06. The summed E-state index contributed by atoms with van der Waals surface area (Å²) in [5, 5.41) is 17.0. The Labute approximate surface area is 138 Å². The smallest absolute Gasteiger partial charge is 0.239 e. The van der Waals surface area contributed by atoms with E-state index in [2.05, 4.69) is 26.2 Å². The van der Waals surface area contributed by atoms with E-state index in [0.29, 0.717) is 23.9 Å². The van der Waals surface area contributed by atoms with Gasteiger partial charge in [0.25, 0.3) is 0 Å². The van der Waals surface area contributed by atoms with E-state index in [9.17, 15) is 9.59 Å². The monoisotopic (exact) mass is 334 g/mol. The molecule has 0 radical (unpaired) electrons. The molecule has 1 heterocycles. The molecule has 2 amide bonds. The van der Waals surface area contributed by atoms with E-state index in [0.717, 1.165) is 5.56 Å². The Balaban J connectivity index is 1.58. The molecule has 2 aromatic rings. The molecule has 2 N–H and O–H groups in total. The lowest BCUT2D eigenvalue weighted by Crippen LogP contribution is -2.36. The number of nitrogens with one attached hydrogen (secondary N) is 2. The Hall–Kier alpha value is -2.42. The number of benzene rings is 1. The molecule has 0 spiro atoms. The number of tetrazole rings is 1. The Kier molecular flexibility index (Phi) is 6.55. The number of aryl methyl sites for hydroxylation is 1. The van der Waals surface area contributed by atoms with Crippen LogP contribution in [0.15, 0.2) is 35.5 Å². The molecule has 1 aromatic carbocycles. The lowest BCUT2D eigenvalue weighted by Gasteiger charge is -2.07. The third-order valence-electron chi connectivity index (χ3n) is 2.92. The summed E-state index contributed by atoms with van der Waals surface area (Å²) in [6, 6.07) is 9.59. The SMILES string of the molecule is Cn1nnnc1SCCC(=O)NCC(=O)NCc1ccccc1. The minimum absolute atomic E-state index is 0.0259. The number of hydrogen-bond donors (Lipinski definition) is 2. The summed E-state index contributed by atoms with van der Waals surface area (Å²) in [4.78, 5) is 23.3. The van der Waals surface area contributed by atoms with Crippen LogP contribution in [-0.2, 0) is 23.2 Å². The zero-order valence-electron chi connectivity index (χ0n) is 12.7. The van der Waals surface area contributed by atoms with Gasteiger partial charge in [0, 0.05) is 25.8 Å². The second-order valence-electron chi connectivity index (χ2n) is 4.72. The molecular weight excluding hydrogens is 316 g/mol. The van der Waals surface area contributed by atoms with Crippen LogP contribution in [0.5, 0.6) is 0 Å². The van der Waals surface area contributed by atoms with E-state index in [1.807, 2.05) is 30.3 Å². The molecule has 0 aliphatic carbocycles. The molecule has 0 saturated carbocycles. The van der Waals surface area contributed by atoms with Crippen molar-refractivity contribution in [1.29, 1.82) is 0 Å². The van der Waals surface area contributed by atoms with Crippen LogP contribution in [-0.4, -0.2) is 44.3 Å². The normalized spacial score (nSPS) is 10.3. The van der Waals surface area contributed by atoms with Gasteiger partial charge in [-0.2, -0.15) is 0 Å². The van der Waals surface area contributed by atoms with Gasteiger partial charge in [0.1, 0.15) is 0 Å². The molecule has 2 rings (SSSR count). The summed E-state index contributed by atoms with van der Waals surface area (Å²) >= 11 is 1.39. The highest BCUT2D eigenvalue weighted by atomic mass is 32.2. The number of aromatic nitrogens is 4. The summed E-state index contributed by atoms with van der Waals surface area (Å²) in [7, 11) is 1.74. The third kappa shape index (κ3) is 6.07. The quantitative estimate of drug-likeness (QED) is 0.665. The van der Waals surface area contributed by atoms with Crippen molar-refractivity contribution in [3.8, 4) is 0 Å². The Bertz CT molecular complexity index is 646. The standard InChI is InChI=1S/C14H18N6O2S/c1-20-14(17-18-19-20)23-8-7-12(21)16-10-13(22)15-9-11-5-3-2-4-6-11/h2-6H,7-10H2,1H3,(H,15,22)(H,16,21). The molecule has 9 heteroatoms. The molecule has 0 unspecified atom stereocenters. The number of amides is 2.